The van der Waals surface area contributed by atoms with Gasteiger partial charge in [0.25, 0.3) is 0 Å². The van der Waals surface area contributed by atoms with E-state index in [2.05, 4.69) is 25.3 Å². The number of nitrogens with one attached hydrogen (secondary N) is 2. The number of rotatable bonds is 9. The van der Waals surface area contributed by atoms with E-state index in [1.807, 2.05) is 37.4 Å². The maximum atomic E-state index is 12.1. The lowest BCUT2D eigenvalue weighted by Gasteiger charge is -2.11. The van der Waals surface area contributed by atoms with E-state index in [4.69, 9.17) is 0 Å². The van der Waals surface area contributed by atoms with E-state index in [0.717, 1.165) is 30.6 Å². The molecule has 0 bridgehead atoms. The monoisotopic (exact) mass is 394 g/mol. The number of benzene rings is 1. The first-order valence-corrected chi connectivity index (χ1v) is 9.09. The van der Waals surface area contributed by atoms with Crippen molar-refractivity contribution in [1.82, 2.24) is 15.6 Å². The predicted octanol–water partition coefficient (Wildman–Crippen LogP) is 3.46. The molecule has 152 valence electrons. The van der Waals surface area contributed by atoms with Gasteiger partial charge in [-0.05, 0) is 36.1 Å². The fourth-order valence-electron chi connectivity index (χ4n) is 2.41. The number of pyridine rings is 1. The molecule has 0 fully saturated rings. The maximum Gasteiger partial charge on any atom is 0.411 e. The van der Waals surface area contributed by atoms with Gasteiger partial charge in [0.15, 0.2) is 5.96 Å². The Kier molecular flexibility index (Phi) is 8.74. The zero-order chi connectivity index (χ0) is 20.2. The Balaban J connectivity index is 1.80. The van der Waals surface area contributed by atoms with Gasteiger partial charge in [-0.2, -0.15) is 13.2 Å². The van der Waals surface area contributed by atoms with Gasteiger partial charge in [-0.15, -0.1) is 0 Å². The highest BCUT2D eigenvalue weighted by Gasteiger charge is 2.27. The third kappa shape index (κ3) is 8.85. The van der Waals surface area contributed by atoms with E-state index in [1.165, 1.54) is 0 Å². The number of hydrogen-bond acceptors (Lipinski definition) is 3. The third-order valence-electron chi connectivity index (χ3n) is 3.75. The smallest absolute Gasteiger partial charge is 0.367 e. The zero-order valence-electron chi connectivity index (χ0n) is 15.8. The summed E-state index contributed by atoms with van der Waals surface area (Å²) in [7, 11) is 0. The molecule has 1 heterocycles. The molecular weight excluding hydrogens is 369 g/mol. The van der Waals surface area contributed by atoms with Crippen molar-refractivity contribution >= 4 is 5.96 Å². The second-order valence-corrected chi connectivity index (χ2v) is 6.16. The standard InChI is InChI=1S/C20H25F3N4O/c1-2-25-19(26-11-9-16-4-3-10-24-12-16)27-13-17-5-7-18(8-6-17)14-28-15-20(21,22)23/h3-8,10,12H,2,9,11,13-15H2,1H3,(H2,25,26,27). The summed E-state index contributed by atoms with van der Waals surface area (Å²) in [6.07, 6.45) is 0.119. The second kappa shape index (κ2) is 11.3. The summed E-state index contributed by atoms with van der Waals surface area (Å²) >= 11 is 0. The van der Waals surface area contributed by atoms with Gasteiger partial charge in [0, 0.05) is 25.5 Å². The summed E-state index contributed by atoms with van der Waals surface area (Å²) in [5, 5.41) is 6.47. The van der Waals surface area contributed by atoms with Crippen LogP contribution in [0.25, 0.3) is 0 Å². The largest absolute Gasteiger partial charge is 0.411 e. The van der Waals surface area contributed by atoms with E-state index >= 15 is 0 Å². The van der Waals surface area contributed by atoms with Crippen molar-refractivity contribution in [3.05, 3.63) is 65.5 Å². The quantitative estimate of drug-likeness (QED) is 0.505. The fraction of sp³-hybridized carbons (Fsp3) is 0.400. The second-order valence-electron chi connectivity index (χ2n) is 6.16. The first-order chi connectivity index (χ1) is 13.5. The molecule has 0 saturated heterocycles. The molecule has 2 rings (SSSR count). The van der Waals surface area contributed by atoms with Crippen molar-refractivity contribution in [2.24, 2.45) is 4.99 Å². The normalized spacial score (nSPS) is 12.1. The number of hydrogen-bond donors (Lipinski definition) is 2. The summed E-state index contributed by atoms with van der Waals surface area (Å²) in [5.74, 6) is 0.712. The molecule has 0 radical (unpaired) electrons. The number of guanidine groups is 1. The van der Waals surface area contributed by atoms with Gasteiger partial charge in [-0.3, -0.25) is 4.98 Å². The molecule has 1 aromatic heterocycles. The molecule has 0 unspecified atom stereocenters. The molecule has 0 spiro atoms. The lowest BCUT2D eigenvalue weighted by molar-refractivity contribution is -0.176. The Morgan fingerprint density at radius 3 is 2.46 bits per heavy atom. The molecule has 0 amide bonds. The molecule has 0 saturated carbocycles. The van der Waals surface area contributed by atoms with Gasteiger partial charge in [0.1, 0.15) is 6.61 Å². The van der Waals surface area contributed by atoms with Crippen LogP contribution < -0.4 is 10.6 Å². The summed E-state index contributed by atoms with van der Waals surface area (Å²) in [6, 6.07) is 11.1. The number of aliphatic imine (C=N–C) groups is 1. The molecule has 28 heavy (non-hydrogen) atoms. The van der Waals surface area contributed by atoms with Crippen LogP contribution >= 0.6 is 0 Å². The topological polar surface area (TPSA) is 58.5 Å². The van der Waals surface area contributed by atoms with Crippen molar-refractivity contribution in [1.29, 1.82) is 0 Å². The van der Waals surface area contributed by atoms with Gasteiger partial charge in [0.05, 0.1) is 13.2 Å². The summed E-state index contributed by atoms with van der Waals surface area (Å²) in [5.41, 5.74) is 2.80. The van der Waals surface area contributed by atoms with Crippen LogP contribution in [-0.4, -0.2) is 36.8 Å². The van der Waals surface area contributed by atoms with E-state index in [9.17, 15) is 13.2 Å². The van der Waals surface area contributed by atoms with E-state index < -0.39 is 12.8 Å². The third-order valence-corrected chi connectivity index (χ3v) is 3.75. The van der Waals surface area contributed by atoms with Gasteiger partial charge in [0.2, 0.25) is 0 Å². The van der Waals surface area contributed by atoms with Crippen LogP contribution in [0.1, 0.15) is 23.6 Å². The predicted molar refractivity (Wildman–Crippen MR) is 103 cm³/mol. The summed E-state index contributed by atoms with van der Waals surface area (Å²) in [4.78, 5) is 8.63. The lowest BCUT2D eigenvalue weighted by Crippen LogP contribution is -2.38. The van der Waals surface area contributed by atoms with E-state index in [1.54, 1.807) is 18.3 Å². The number of ether oxygens (including phenoxy) is 1. The fourth-order valence-corrected chi connectivity index (χ4v) is 2.41. The van der Waals surface area contributed by atoms with Crippen molar-refractivity contribution in [2.45, 2.75) is 32.7 Å². The Labute approximate surface area is 163 Å². The maximum absolute atomic E-state index is 12.1. The lowest BCUT2D eigenvalue weighted by atomic mass is 10.1. The van der Waals surface area contributed by atoms with Crippen LogP contribution in [-0.2, 0) is 24.3 Å². The Hall–Kier alpha value is -2.61. The van der Waals surface area contributed by atoms with Gasteiger partial charge < -0.3 is 15.4 Å². The number of aromatic nitrogens is 1. The number of halogens is 3. The first-order valence-electron chi connectivity index (χ1n) is 9.09. The molecule has 1 aromatic carbocycles. The molecule has 5 nitrogen and oxygen atoms in total. The molecule has 2 aromatic rings. The molecule has 0 aliphatic heterocycles. The van der Waals surface area contributed by atoms with E-state index in [0.29, 0.717) is 18.1 Å². The Morgan fingerprint density at radius 2 is 1.82 bits per heavy atom. The Bertz CT molecular complexity index is 718. The van der Waals surface area contributed by atoms with E-state index in [-0.39, 0.29) is 6.61 Å². The van der Waals surface area contributed by atoms with Crippen LogP contribution in [0.4, 0.5) is 13.2 Å². The average molecular weight is 394 g/mol. The van der Waals surface area contributed by atoms with Gasteiger partial charge in [-0.1, -0.05) is 30.3 Å². The van der Waals surface area contributed by atoms with Crippen molar-refractivity contribution in [2.75, 3.05) is 19.7 Å². The van der Waals surface area contributed by atoms with Crippen LogP contribution in [0.2, 0.25) is 0 Å². The van der Waals surface area contributed by atoms with Crippen molar-refractivity contribution in [3.8, 4) is 0 Å². The van der Waals surface area contributed by atoms with Gasteiger partial charge in [-0.25, -0.2) is 4.99 Å². The minimum Gasteiger partial charge on any atom is -0.367 e. The van der Waals surface area contributed by atoms with Crippen LogP contribution in [0.5, 0.6) is 0 Å². The number of alkyl halides is 3. The highest BCUT2D eigenvalue weighted by Crippen LogP contribution is 2.16. The van der Waals surface area contributed by atoms with Crippen LogP contribution in [0, 0.1) is 0 Å². The molecule has 0 atom stereocenters. The molecule has 8 heteroatoms. The summed E-state index contributed by atoms with van der Waals surface area (Å²) in [6.45, 7) is 2.62. The Morgan fingerprint density at radius 1 is 1.07 bits per heavy atom. The van der Waals surface area contributed by atoms with Crippen molar-refractivity contribution in [3.63, 3.8) is 0 Å². The highest BCUT2D eigenvalue weighted by molar-refractivity contribution is 5.79. The van der Waals surface area contributed by atoms with Crippen LogP contribution in [0.3, 0.4) is 0 Å². The first kappa shape index (κ1) is 21.7. The van der Waals surface area contributed by atoms with Crippen molar-refractivity contribution < 1.29 is 17.9 Å². The molecule has 0 aliphatic carbocycles. The minimum absolute atomic E-state index is 0.0679. The summed E-state index contributed by atoms with van der Waals surface area (Å²) < 4.78 is 40.9. The minimum atomic E-state index is -4.30. The van der Waals surface area contributed by atoms with Crippen LogP contribution in [0.15, 0.2) is 53.8 Å². The average Bonchev–Trinajstić information content (AvgIpc) is 2.67. The molecule has 0 aliphatic rings. The molecule has 2 N–H and O–H groups in total. The van der Waals surface area contributed by atoms with Gasteiger partial charge >= 0.3 is 6.18 Å². The molecular formula is C20H25F3N4O. The SMILES string of the molecule is CCNC(=NCc1ccc(COCC(F)(F)F)cc1)NCCc1cccnc1. The zero-order valence-corrected chi connectivity index (χ0v) is 15.8. The highest BCUT2D eigenvalue weighted by atomic mass is 19.4. The number of nitrogens with zero attached hydrogens (tertiary/aromatic N) is 2.